The maximum Gasteiger partial charge on any atom is 0.182 e. The van der Waals surface area contributed by atoms with Crippen LogP contribution in [0.1, 0.15) is 5.82 Å². The third-order valence-electron chi connectivity index (χ3n) is 1.54. The Labute approximate surface area is 87.4 Å². The Morgan fingerprint density at radius 1 is 1.36 bits per heavy atom. The van der Waals surface area contributed by atoms with E-state index in [-0.39, 0.29) is 15.9 Å². The summed E-state index contributed by atoms with van der Waals surface area (Å²) in [5, 5.41) is 2.62. The molecule has 1 heterocycles. The number of nitrogens with zero attached hydrogens (tertiary/aromatic N) is 2. The second-order valence-electron chi connectivity index (χ2n) is 2.76. The summed E-state index contributed by atoms with van der Waals surface area (Å²) < 4.78 is 22.7. The molecule has 1 aromatic heterocycles. The quantitative estimate of drug-likeness (QED) is 0.771. The van der Waals surface area contributed by atoms with Crippen LogP contribution in [0.3, 0.4) is 0 Å². The van der Waals surface area contributed by atoms with Crippen LogP contribution in [0.5, 0.6) is 0 Å². The van der Waals surface area contributed by atoms with Crippen LogP contribution in [0.25, 0.3) is 0 Å². The zero-order chi connectivity index (χ0) is 10.9. The minimum Gasteiger partial charge on any atom is -0.372 e. The lowest BCUT2D eigenvalue weighted by Crippen LogP contribution is -2.08. The molecule has 0 aromatic carbocycles. The van der Waals surface area contributed by atoms with Crippen molar-refractivity contribution in [1.29, 1.82) is 0 Å². The van der Waals surface area contributed by atoms with Crippen molar-refractivity contribution in [1.82, 2.24) is 9.97 Å². The first kappa shape index (κ1) is 11.2. The molecule has 0 bridgehead atoms. The van der Waals surface area contributed by atoms with E-state index in [4.69, 9.17) is 11.6 Å². The monoisotopic (exact) mass is 235 g/mol. The van der Waals surface area contributed by atoms with Gasteiger partial charge in [-0.05, 0) is 6.92 Å². The molecule has 5 nitrogen and oxygen atoms in total. The first-order valence-corrected chi connectivity index (χ1v) is 6.05. The Morgan fingerprint density at radius 2 is 1.93 bits per heavy atom. The second kappa shape index (κ2) is 3.70. The summed E-state index contributed by atoms with van der Waals surface area (Å²) in [6, 6.07) is 0. The van der Waals surface area contributed by atoms with E-state index >= 15 is 0 Å². The summed E-state index contributed by atoms with van der Waals surface area (Å²) in [6.45, 7) is 1.64. The maximum atomic E-state index is 11.3. The van der Waals surface area contributed by atoms with Gasteiger partial charge in [0.05, 0.1) is 0 Å². The van der Waals surface area contributed by atoms with Gasteiger partial charge in [-0.3, -0.25) is 0 Å². The summed E-state index contributed by atoms with van der Waals surface area (Å²) in [5.74, 6) is 0.650. The van der Waals surface area contributed by atoms with Crippen molar-refractivity contribution >= 4 is 27.3 Å². The van der Waals surface area contributed by atoms with Crippen molar-refractivity contribution in [2.45, 2.75) is 11.8 Å². The van der Waals surface area contributed by atoms with Crippen molar-refractivity contribution in [3.05, 3.63) is 11.0 Å². The van der Waals surface area contributed by atoms with Crippen LogP contribution in [0.15, 0.2) is 4.90 Å². The maximum absolute atomic E-state index is 11.3. The molecule has 0 atom stereocenters. The molecule has 0 aliphatic heterocycles. The fourth-order valence-electron chi connectivity index (χ4n) is 1.03. The number of halogens is 1. The van der Waals surface area contributed by atoms with Crippen molar-refractivity contribution in [2.75, 3.05) is 18.6 Å². The number of anilines is 1. The number of hydrogen-bond acceptors (Lipinski definition) is 5. The molecule has 14 heavy (non-hydrogen) atoms. The van der Waals surface area contributed by atoms with Crippen molar-refractivity contribution < 1.29 is 8.42 Å². The number of sulfone groups is 1. The summed E-state index contributed by atoms with van der Waals surface area (Å²) in [6.07, 6.45) is 1.06. The van der Waals surface area contributed by atoms with E-state index in [2.05, 4.69) is 15.3 Å². The Bertz CT molecular complexity index is 458. The molecule has 0 amide bonds. The van der Waals surface area contributed by atoms with Gasteiger partial charge in [0, 0.05) is 13.3 Å². The van der Waals surface area contributed by atoms with E-state index in [1.165, 1.54) is 0 Å². The third kappa shape index (κ3) is 2.13. The van der Waals surface area contributed by atoms with Gasteiger partial charge in [-0.25, -0.2) is 18.4 Å². The highest BCUT2D eigenvalue weighted by molar-refractivity contribution is 7.91. The first-order valence-electron chi connectivity index (χ1n) is 3.78. The summed E-state index contributed by atoms with van der Waals surface area (Å²) in [5.41, 5.74) is 0. The summed E-state index contributed by atoms with van der Waals surface area (Å²) in [7, 11) is -1.84. The average molecular weight is 236 g/mol. The molecule has 0 aliphatic carbocycles. The van der Waals surface area contributed by atoms with Crippen LogP contribution in [0.2, 0.25) is 5.15 Å². The van der Waals surface area contributed by atoms with Gasteiger partial charge >= 0.3 is 0 Å². The summed E-state index contributed by atoms with van der Waals surface area (Å²) in [4.78, 5) is 7.65. The van der Waals surface area contributed by atoms with Crippen LogP contribution in [-0.2, 0) is 9.84 Å². The zero-order valence-electron chi connectivity index (χ0n) is 8.00. The van der Waals surface area contributed by atoms with Crippen LogP contribution in [0, 0.1) is 6.92 Å². The van der Waals surface area contributed by atoms with E-state index in [1.54, 1.807) is 14.0 Å². The lowest BCUT2D eigenvalue weighted by atomic mass is 10.5. The number of nitrogens with one attached hydrogen (secondary N) is 1. The highest BCUT2D eigenvalue weighted by Gasteiger charge is 2.20. The van der Waals surface area contributed by atoms with E-state index in [0.717, 1.165) is 6.26 Å². The van der Waals surface area contributed by atoms with Gasteiger partial charge in [-0.15, -0.1) is 0 Å². The van der Waals surface area contributed by atoms with Gasteiger partial charge < -0.3 is 5.32 Å². The standard InChI is InChI=1S/C7H10ClN3O2S/c1-4-10-6(8)5(14(3,12)13)7(9-2)11-4/h1-3H3,(H,9,10,11). The predicted molar refractivity (Wildman–Crippen MR) is 54.4 cm³/mol. The van der Waals surface area contributed by atoms with E-state index in [0.29, 0.717) is 5.82 Å². The van der Waals surface area contributed by atoms with Crippen LogP contribution in [0.4, 0.5) is 5.82 Å². The van der Waals surface area contributed by atoms with Gasteiger partial charge in [0.15, 0.2) is 15.0 Å². The van der Waals surface area contributed by atoms with Crippen LogP contribution < -0.4 is 5.32 Å². The van der Waals surface area contributed by atoms with Crippen molar-refractivity contribution in [3.63, 3.8) is 0 Å². The fourth-order valence-corrected chi connectivity index (χ4v) is 2.51. The molecule has 0 aliphatic rings. The lowest BCUT2D eigenvalue weighted by Gasteiger charge is -2.08. The van der Waals surface area contributed by atoms with Gasteiger partial charge in [-0.1, -0.05) is 11.6 Å². The van der Waals surface area contributed by atoms with Gasteiger partial charge in [0.25, 0.3) is 0 Å². The van der Waals surface area contributed by atoms with E-state index in [9.17, 15) is 8.42 Å². The minimum atomic E-state index is -3.41. The molecule has 78 valence electrons. The summed E-state index contributed by atoms with van der Waals surface area (Å²) >= 11 is 5.73. The zero-order valence-corrected chi connectivity index (χ0v) is 9.57. The normalized spacial score (nSPS) is 11.4. The van der Waals surface area contributed by atoms with Crippen molar-refractivity contribution in [2.24, 2.45) is 0 Å². The highest BCUT2D eigenvalue weighted by Crippen LogP contribution is 2.25. The Hall–Kier alpha value is -0.880. The molecule has 0 radical (unpaired) electrons. The topological polar surface area (TPSA) is 72.0 Å². The number of aromatic nitrogens is 2. The SMILES string of the molecule is CNc1nc(C)nc(Cl)c1S(C)(=O)=O. The smallest absolute Gasteiger partial charge is 0.182 e. The molecule has 7 heteroatoms. The molecular weight excluding hydrogens is 226 g/mol. The van der Waals surface area contributed by atoms with E-state index in [1.807, 2.05) is 0 Å². The van der Waals surface area contributed by atoms with Gasteiger partial charge in [0.2, 0.25) is 0 Å². The van der Waals surface area contributed by atoms with Crippen molar-refractivity contribution in [3.8, 4) is 0 Å². The fraction of sp³-hybridized carbons (Fsp3) is 0.429. The molecule has 1 N–H and O–H groups in total. The number of rotatable bonds is 2. The number of aryl methyl sites for hydroxylation is 1. The minimum absolute atomic E-state index is 0.0515. The molecule has 0 spiro atoms. The van der Waals surface area contributed by atoms with Crippen LogP contribution >= 0.6 is 11.6 Å². The molecule has 0 unspecified atom stereocenters. The Kier molecular flexibility index (Phi) is 2.96. The molecular formula is C7H10ClN3O2S. The van der Waals surface area contributed by atoms with E-state index < -0.39 is 9.84 Å². The highest BCUT2D eigenvalue weighted by atomic mass is 35.5. The second-order valence-corrected chi connectivity index (χ2v) is 5.07. The molecule has 0 saturated heterocycles. The van der Waals surface area contributed by atoms with Gasteiger partial charge in [-0.2, -0.15) is 0 Å². The number of hydrogen-bond donors (Lipinski definition) is 1. The third-order valence-corrected chi connectivity index (χ3v) is 3.06. The lowest BCUT2D eigenvalue weighted by molar-refractivity contribution is 0.601. The largest absolute Gasteiger partial charge is 0.372 e. The average Bonchev–Trinajstić information content (AvgIpc) is 1.99. The predicted octanol–water partition coefficient (Wildman–Crippen LogP) is 0.884. The van der Waals surface area contributed by atoms with Gasteiger partial charge in [0.1, 0.15) is 16.5 Å². The molecule has 0 saturated carbocycles. The first-order chi connectivity index (χ1) is 6.36. The molecule has 1 aromatic rings. The van der Waals surface area contributed by atoms with Crippen LogP contribution in [-0.4, -0.2) is 31.7 Å². The Morgan fingerprint density at radius 3 is 2.36 bits per heavy atom. The Balaban J connectivity index is 3.57. The molecule has 1 rings (SSSR count). The molecule has 0 fully saturated rings.